The van der Waals surface area contributed by atoms with Crippen LogP contribution in [0.5, 0.6) is 5.88 Å². The van der Waals surface area contributed by atoms with E-state index in [0.717, 1.165) is 25.7 Å². The van der Waals surface area contributed by atoms with E-state index in [0.29, 0.717) is 11.5 Å². The molecule has 0 spiro atoms. The second-order valence-electron chi connectivity index (χ2n) is 7.11. The lowest BCUT2D eigenvalue weighted by atomic mass is 10.1. The molecule has 9 heteroatoms. The first-order valence-electron chi connectivity index (χ1n) is 8.39. The van der Waals surface area contributed by atoms with Crippen molar-refractivity contribution in [1.82, 2.24) is 10.2 Å². The van der Waals surface area contributed by atoms with Gasteiger partial charge in [0, 0.05) is 11.7 Å². The maximum Gasteiger partial charge on any atom is 0.433 e. The average molecular weight is 377 g/mol. The zero-order chi connectivity index (χ0) is 18.2. The molecular weight excluding hydrogens is 355 g/mol. The minimum Gasteiger partial charge on any atom is -0.473 e. The molecule has 1 saturated carbocycles. The maximum atomic E-state index is 13.4. The fourth-order valence-corrected chi connectivity index (χ4v) is 4.37. The third-order valence-corrected chi connectivity index (χ3v) is 5.40. The number of alkyl halides is 3. The van der Waals surface area contributed by atoms with Gasteiger partial charge in [-0.1, -0.05) is 16.9 Å². The van der Waals surface area contributed by atoms with Crippen molar-refractivity contribution in [3.05, 3.63) is 11.3 Å². The Morgan fingerprint density at radius 3 is 2.56 bits per heavy atom. The Labute approximate surface area is 148 Å². The molecule has 1 aliphatic heterocycles. The molecule has 0 radical (unpaired) electrons. The van der Waals surface area contributed by atoms with Crippen LogP contribution in [0.15, 0.2) is 5.16 Å². The zero-order valence-corrected chi connectivity index (χ0v) is 15.3. The first kappa shape index (κ1) is 18.4. The molecule has 1 unspecified atom stereocenters. The predicted octanol–water partition coefficient (Wildman–Crippen LogP) is 5.06. The van der Waals surface area contributed by atoms with Crippen LogP contribution in [0.3, 0.4) is 0 Å². The van der Waals surface area contributed by atoms with Crippen LogP contribution in [-0.2, 0) is 11.0 Å². The smallest absolute Gasteiger partial charge is 0.433 e. The van der Waals surface area contributed by atoms with Crippen LogP contribution in [-0.4, -0.2) is 26.9 Å². The molecule has 1 N–H and O–H groups in total. The predicted molar refractivity (Wildman–Crippen MR) is 89.7 cm³/mol. The summed E-state index contributed by atoms with van der Waals surface area (Å²) in [6, 6.07) is 0. The van der Waals surface area contributed by atoms with E-state index in [1.165, 1.54) is 11.8 Å². The number of hydrogen-bond acceptors (Lipinski definition) is 5. The summed E-state index contributed by atoms with van der Waals surface area (Å²) in [6.45, 7) is 5.49. The Morgan fingerprint density at radius 1 is 1.32 bits per heavy atom. The number of thioether (sulfide) groups is 1. The van der Waals surface area contributed by atoms with Gasteiger partial charge in [0.05, 0.1) is 5.56 Å². The molecule has 0 bridgehead atoms. The van der Waals surface area contributed by atoms with Crippen LogP contribution < -0.4 is 4.74 Å². The second kappa shape index (κ2) is 6.74. The number of nitrogens with zero attached hydrogens (tertiary/aromatic N) is 2. The Kier molecular flexibility index (Phi) is 4.96. The number of aromatic amines is 1. The Bertz CT molecular complexity index is 652. The van der Waals surface area contributed by atoms with Gasteiger partial charge in [-0.2, -0.15) is 13.2 Å². The molecule has 0 aromatic carbocycles. The minimum atomic E-state index is -4.51. The number of aromatic nitrogens is 2. The number of nitrogens with one attached hydrogen (secondary N) is 1. The van der Waals surface area contributed by atoms with Gasteiger partial charge < -0.3 is 9.57 Å². The normalized spacial score (nSPS) is 21.9. The molecule has 1 aromatic heterocycles. The number of H-pyrrole nitrogens is 1. The molecule has 1 aliphatic carbocycles. The Hall–Kier alpha value is -1.38. The van der Waals surface area contributed by atoms with E-state index >= 15 is 0 Å². The fourth-order valence-electron chi connectivity index (χ4n) is 3.11. The summed E-state index contributed by atoms with van der Waals surface area (Å²) in [7, 11) is 0. The third kappa shape index (κ3) is 4.24. The van der Waals surface area contributed by atoms with Gasteiger partial charge in [0.15, 0.2) is 0 Å². The molecule has 1 fully saturated rings. The first-order valence-corrected chi connectivity index (χ1v) is 9.27. The molecule has 2 heterocycles. The van der Waals surface area contributed by atoms with Gasteiger partial charge in [0.25, 0.3) is 0 Å². The summed E-state index contributed by atoms with van der Waals surface area (Å²) < 4.78 is 45.9. The quantitative estimate of drug-likeness (QED) is 0.797. The van der Waals surface area contributed by atoms with Gasteiger partial charge in [0.1, 0.15) is 22.4 Å². The van der Waals surface area contributed by atoms with Gasteiger partial charge in [-0.3, -0.25) is 5.10 Å². The number of halogens is 3. The highest BCUT2D eigenvalue weighted by Gasteiger charge is 2.41. The second-order valence-corrected chi connectivity index (χ2v) is 8.53. The summed E-state index contributed by atoms with van der Waals surface area (Å²) in [4.78, 5) is 5.30. The summed E-state index contributed by atoms with van der Waals surface area (Å²) in [5.41, 5.74) is -1.22. The maximum absolute atomic E-state index is 13.4. The lowest BCUT2D eigenvalue weighted by molar-refractivity contribution is -0.141. The van der Waals surface area contributed by atoms with Gasteiger partial charge in [-0.05, 0) is 46.5 Å². The zero-order valence-electron chi connectivity index (χ0n) is 14.4. The van der Waals surface area contributed by atoms with E-state index in [9.17, 15) is 13.2 Å². The van der Waals surface area contributed by atoms with Gasteiger partial charge in [-0.25, -0.2) is 0 Å². The first-order chi connectivity index (χ1) is 11.7. The number of rotatable bonds is 4. The summed E-state index contributed by atoms with van der Waals surface area (Å²) in [6.07, 6.45) is -0.240. The van der Waals surface area contributed by atoms with Crippen molar-refractivity contribution >= 4 is 16.8 Å². The van der Waals surface area contributed by atoms with Crippen molar-refractivity contribution in [2.75, 3.05) is 0 Å². The topological polar surface area (TPSA) is 59.5 Å². The van der Waals surface area contributed by atoms with Crippen molar-refractivity contribution < 1.29 is 22.7 Å². The van der Waals surface area contributed by atoms with Crippen LogP contribution in [0.4, 0.5) is 13.2 Å². The number of oxime groups is 1. The minimum absolute atomic E-state index is 0.0526. The van der Waals surface area contributed by atoms with Crippen LogP contribution in [0.2, 0.25) is 0 Å². The molecule has 25 heavy (non-hydrogen) atoms. The van der Waals surface area contributed by atoms with Crippen molar-refractivity contribution in [3.8, 4) is 5.88 Å². The molecule has 1 aromatic rings. The molecular formula is C16H22F3N3O2S. The highest BCUT2D eigenvalue weighted by Crippen LogP contribution is 2.45. The van der Waals surface area contributed by atoms with Gasteiger partial charge in [0.2, 0.25) is 5.88 Å². The van der Waals surface area contributed by atoms with E-state index < -0.39 is 22.7 Å². The van der Waals surface area contributed by atoms with Crippen LogP contribution in [0.25, 0.3) is 0 Å². The van der Waals surface area contributed by atoms with Crippen LogP contribution in [0.1, 0.15) is 69.4 Å². The van der Waals surface area contributed by atoms with Gasteiger partial charge in [-0.15, -0.1) is 5.10 Å². The monoisotopic (exact) mass is 377 g/mol. The number of ether oxygens (including phenoxy) is 1. The Balaban J connectivity index is 1.82. The van der Waals surface area contributed by atoms with E-state index in [2.05, 4.69) is 15.4 Å². The Morgan fingerprint density at radius 2 is 2.00 bits per heavy atom. The molecule has 0 saturated heterocycles. The SMILES string of the molecule is CC(SC1=NOC(C)(C)C1)c1c(OC2CCCC2)n[nH]c1C(F)(F)F. The van der Waals surface area contributed by atoms with E-state index in [-0.39, 0.29) is 17.5 Å². The molecule has 3 rings (SSSR count). The molecule has 2 aliphatic rings. The van der Waals surface area contributed by atoms with E-state index in [1.807, 2.05) is 13.8 Å². The van der Waals surface area contributed by atoms with Crippen molar-refractivity contribution in [3.63, 3.8) is 0 Å². The fraction of sp³-hybridized carbons (Fsp3) is 0.750. The third-order valence-electron chi connectivity index (χ3n) is 4.32. The standard InChI is InChI=1S/C16H22F3N3O2S/c1-9(25-11-8-15(2,3)24-22-11)12-13(16(17,18)19)20-21-14(12)23-10-6-4-5-7-10/h9-10H,4-8H2,1-3H3,(H,20,21). The lowest BCUT2D eigenvalue weighted by Crippen LogP contribution is -2.18. The lowest BCUT2D eigenvalue weighted by Gasteiger charge is -2.17. The summed E-state index contributed by atoms with van der Waals surface area (Å²) in [5, 5.41) is 10.1. The average Bonchev–Trinajstić information content (AvgIpc) is 3.19. The molecule has 5 nitrogen and oxygen atoms in total. The largest absolute Gasteiger partial charge is 0.473 e. The highest BCUT2D eigenvalue weighted by molar-refractivity contribution is 8.14. The van der Waals surface area contributed by atoms with Gasteiger partial charge >= 0.3 is 6.18 Å². The van der Waals surface area contributed by atoms with Crippen molar-refractivity contribution in [1.29, 1.82) is 0 Å². The highest BCUT2D eigenvalue weighted by atomic mass is 32.2. The summed E-state index contributed by atoms with van der Waals surface area (Å²) >= 11 is 1.25. The molecule has 0 amide bonds. The van der Waals surface area contributed by atoms with Crippen LogP contribution >= 0.6 is 11.8 Å². The van der Waals surface area contributed by atoms with Crippen molar-refractivity contribution in [2.45, 2.75) is 76.0 Å². The van der Waals surface area contributed by atoms with Crippen molar-refractivity contribution in [2.24, 2.45) is 5.16 Å². The number of hydrogen-bond donors (Lipinski definition) is 1. The van der Waals surface area contributed by atoms with Crippen LogP contribution in [0, 0.1) is 0 Å². The molecule has 1 atom stereocenters. The van der Waals surface area contributed by atoms with E-state index in [4.69, 9.17) is 9.57 Å². The summed E-state index contributed by atoms with van der Waals surface area (Å²) in [5.74, 6) is 0.0537. The van der Waals surface area contributed by atoms with E-state index in [1.54, 1.807) is 6.92 Å². The molecule has 140 valence electrons.